The molecule has 0 radical (unpaired) electrons. The van der Waals surface area contributed by atoms with Crippen LogP contribution in [0.2, 0.25) is 0 Å². The Bertz CT molecular complexity index is 83.4. The lowest BCUT2D eigenvalue weighted by Gasteiger charge is -2.04. The Morgan fingerprint density at radius 3 is 1.57 bits per heavy atom. The highest BCUT2D eigenvalue weighted by molar-refractivity contribution is 6.76. The van der Waals surface area contributed by atoms with Crippen molar-refractivity contribution in [1.82, 2.24) is 0 Å². The maximum Gasteiger partial charge on any atom is 0.246 e. The summed E-state index contributed by atoms with van der Waals surface area (Å²) >= 11 is 15.1. The van der Waals surface area contributed by atoms with Crippen molar-refractivity contribution < 1.29 is 0 Å². The molecule has 0 unspecified atom stereocenters. The molecule has 5 heteroatoms. The van der Waals surface area contributed by atoms with Crippen molar-refractivity contribution in [3.8, 4) is 0 Å². The maximum absolute atomic E-state index is 6.53. The molecular formula is C2H3Cl3N2. The molecule has 0 heterocycles. The van der Waals surface area contributed by atoms with Gasteiger partial charge in [0.25, 0.3) is 0 Å². The maximum atomic E-state index is 6.53. The van der Waals surface area contributed by atoms with Crippen molar-refractivity contribution in [3.05, 3.63) is 0 Å². The lowest BCUT2D eigenvalue weighted by atomic mass is 10.7. The number of hydrogen-bond acceptors (Lipinski definition) is 1. The Hall–Kier alpha value is 0.340. The van der Waals surface area contributed by atoms with Crippen molar-refractivity contribution in [2.45, 2.75) is 3.79 Å². The molecule has 0 bridgehead atoms. The number of halogens is 3. The molecule has 0 aromatic heterocycles. The van der Waals surface area contributed by atoms with Crippen LogP contribution in [0.3, 0.4) is 0 Å². The summed E-state index contributed by atoms with van der Waals surface area (Å²) in [5, 5.41) is 6.53. The standard InChI is InChI=1S/C2H3Cl3N2/c3-2(4,5)1(6)7/h(H3,6,7). The van der Waals surface area contributed by atoms with E-state index in [1.165, 1.54) is 0 Å². The van der Waals surface area contributed by atoms with Crippen LogP contribution in [0.25, 0.3) is 0 Å². The Morgan fingerprint density at radius 1 is 1.43 bits per heavy atom. The van der Waals surface area contributed by atoms with Gasteiger partial charge in [0.2, 0.25) is 3.79 Å². The van der Waals surface area contributed by atoms with Gasteiger partial charge in [0, 0.05) is 0 Å². The predicted octanol–water partition coefficient (Wildman–Crippen LogP) is 1.29. The van der Waals surface area contributed by atoms with E-state index in [4.69, 9.17) is 45.9 Å². The lowest BCUT2D eigenvalue weighted by Crippen LogP contribution is -2.26. The number of alkyl halides is 3. The number of nitrogens with one attached hydrogen (secondary N) is 1. The van der Waals surface area contributed by atoms with Gasteiger partial charge in [-0.1, -0.05) is 34.8 Å². The summed E-state index contributed by atoms with van der Waals surface area (Å²) in [4.78, 5) is 0. The molecule has 0 aliphatic rings. The first-order valence-corrected chi connectivity index (χ1v) is 2.49. The fraction of sp³-hybridized carbons (Fsp3) is 0.500. The van der Waals surface area contributed by atoms with E-state index >= 15 is 0 Å². The summed E-state index contributed by atoms with van der Waals surface area (Å²) < 4.78 is -1.72. The van der Waals surface area contributed by atoms with Crippen LogP contribution < -0.4 is 5.73 Å². The predicted molar refractivity (Wildman–Crippen MR) is 32.2 cm³/mol. The molecule has 0 atom stereocenters. The van der Waals surface area contributed by atoms with Gasteiger partial charge in [0.15, 0.2) is 0 Å². The van der Waals surface area contributed by atoms with Crippen LogP contribution in [-0.2, 0) is 0 Å². The molecule has 0 aromatic carbocycles. The van der Waals surface area contributed by atoms with Crippen LogP contribution in [0.15, 0.2) is 0 Å². The van der Waals surface area contributed by atoms with Crippen molar-refractivity contribution in [1.29, 1.82) is 5.41 Å². The van der Waals surface area contributed by atoms with Crippen LogP contribution in [-0.4, -0.2) is 9.63 Å². The van der Waals surface area contributed by atoms with E-state index in [-0.39, 0.29) is 0 Å². The zero-order valence-electron chi connectivity index (χ0n) is 3.21. The van der Waals surface area contributed by atoms with Crippen LogP contribution in [0.5, 0.6) is 0 Å². The Balaban J connectivity index is 3.79. The van der Waals surface area contributed by atoms with Crippen LogP contribution in [0, 0.1) is 5.41 Å². The molecule has 7 heavy (non-hydrogen) atoms. The molecule has 0 aliphatic carbocycles. The van der Waals surface area contributed by atoms with Gasteiger partial charge in [0.05, 0.1) is 0 Å². The smallest absolute Gasteiger partial charge is 0.246 e. The third-order valence-corrected chi connectivity index (χ3v) is 0.916. The van der Waals surface area contributed by atoms with Gasteiger partial charge < -0.3 is 5.73 Å². The average Bonchev–Trinajstić information content (AvgIpc) is 1.31. The Labute approximate surface area is 56.0 Å². The largest absolute Gasteiger partial charge is 0.384 e. The molecule has 0 rings (SSSR count). The van der Waals surface area contributed by atoms with Gasteiger partial charge >= 0.3 is 0 Å². The van der Waals surface area contributed by atoms with Crippen LogP contribution in [0.1, 0.15) is 0 Å². The minimum absolute atomic E-state index is 0.461. The van der Waals surface area contributed by atoms with E-state index < -0.39 is 9.63 Å². The topological polar surface area (TPSA) is 49.9 Å². The van der Waals surface area contributed by atoms with Gasteiger partial charge in [0.1, 0.15) is 5.84 Å². The zero-order chi connectivity index (χ0) is 6.08. The molecule has 2 nitrogen and oxygen atoms in total. The molecule has 0 amide bonds. The first-order valence-electron chi connectivity index (χ1n) is 1.36. The van der Waals surface area contributed by atoms with Crippen molar-refractivity contribution >= 4 is 40.6 Å². The van der Waals surface area contributed by atoms with Gasteiger partial charge in [-0.2, -0.15) is 0 Å². The SMILES string of the molecule is N=C(N)C(Cl)(Cl)Cl. The van der Waals surface area contributed by atoms with Crippen molar-refractivity contribution in [2.24, 2.45) is 5.73 Å². The highest BCUT2D eigenvalue weighted by Crippen LogP contribution is 2.24. The number of nitrogens with two attached hydrogens (primary N) is 1. The second-order valence-corrected chi connectivity index (χ2v) is 3.19. The summed E-state index contributed by atoms with van der Waals surface area (Å²) in [5.74, 6) is -0.461. The average molecular weight is 161 g/mol. The summed E-state index contributed by atoms with van der Waals surface area (Å²) in [6.45, 7) is 0. The van der Waals surface area contributed by atoms with Crippen molar-refractivity contribution in [2.75, 3.05) is 0 Å². The van der Waals surface area contributed by atoms with Gasteiger partial charge in [-0.25, -0.2) is 0 Å². The highest BCUT2D eigenvalue weighted by atomic mass is 35.6. The first-order chi connectivity index (χ1) is 2.94. The van der Waals surface area contributed by atoms with E-state index in [1.54, 1.807) is 0 Å². The molecule has 0 spiro atoms. The molecule has 0 saturated carbocycles. The van der Waals surface area contributed by atoms with E-state index in [9.17, 15) is 0 Å². The van der Waals surface area contributed by atoms with E-state index in [0.717, 1.165) is 0 Å². The molecule has 0 aromatic rings. The summed E-state index contributed by atoms with van der Waals surface area (Å²) in [6, 6.07) is 0. The van der Waals surface area contributed by atoms with E-state index in [1.807, 2.05) is 0 Å². The first kappa shape index (κ1) is 7.34. The minimum Gasteiger partial charge on any atom is -0.384 e. The molecule has 3 N–H and O–H groups in total. The Morgan fingerprint density at radius 2 is 1.57 bits per heavy atom. The normalized spacial score (nSPS) is 11.3. The summed E-state index contributed by atoms with van der Waals surface area (Å²) in [6.07, 6.45) is 0. The highest BCUT2D eigenvalue weighted by Gasteiger charge is 2.22. The number of rotatable bonds is 0. The second kappa shape index (κ2) is 2.07. The van der Waals surface area contributed by atoms with Gasteiger partial charge in [-0.15, -0.1) is 0 Å². The third kappa shape index (κ3) is 2.97. The summed E-state index contributed by atoms with van der Waals surface area (Å²) in [7, 11) is 0. The quantitative estimate of drug-likeness (QED) is 0.314. The molecule has 42 valence electrons. The van der Waals surface area contributed by atoms with Crippen molar-refractivity contribution in [3.63, 3.8) is 0 Å². The van der Waals surface area contributed by atoms with E-state index in [0.29, 0.717) is 0 Å². The molecule has 0 saturated heterocycles. The third-order valence-electron chi connectivity index (χ3n) is 0.305. The minimum atomic E-state index is -1.72. The zero-order valence-corrected chi connectivity index (χ0v) is 5.48. The molecule has 0 fully saturated rings. The van der Waals surface area contributed by atoms with Gasteiger partial charge in [-0.05, 0) is 0 Å². The molecule has 0 aliphatic heterocycles. The molecular weight excluding hydrogens is 158 g/mol. The fourth-order valence-electron chi connectivity index (χ4n) is 0. The van der Waals surface area contributed by atoms with Gasteiger partial charge in [-0.3, -0.25) is 5.41 Å². The fourth-order valence-corrected chi connectivity index (χ4v) is 0. The lowest BCUT2D eigenvalue weighted by molar-refractivity contribution is 1.34. The van der Waals surface area contributed by atoms with Crippen LogP contribution >= 0.6 is 34.8 Å². The number of hydrogen-bond donors (Lipinski definition) is 2. The Kier molecular flexibility index (Phi) is 2.17. The van der Waals surface area contributed by atoms with Crippen LogP contribution in [0.4, 0.5) is 0 Å². The number of amidine groups is 1. The summed E-state index contributed by atoms with van der Waals surface area (Å²) in [5.41, 5.74) is 4.76. The monoisotopic (exact) mass is 160 g/mol. The second-order valence-electron chi connectivity index (χ2n) is 0.911. The van der Waals surface area contributed by atoms with E-state index in [2.05, 4.69) is 0 Å².